The number of hydrogen-bond donors (Lipinski definition) is 0. The van der Waals surface area contributed by atoms with Crippen molar-refractivity contribution in [1.29, 1.82) is 0 Å². The number of nitrogens with zero attached hydrogens (tertiary/aromatic N) is 2. The number of hydrogen-bond acceptors (Lipinski definition) is 3. The van der Waals surface area contributed by atoms with Gasteiger partial charge >= 0.3 is 0 Å². The van der Waals surface area contributed by atoms with E-state index in [1.807, 2.05) is 0 Å². The van der Waals surface area contributed by atoms with Gasteiger partial charge in [0.25, 0.3) is 0 Å². The van der Waals surface area contributed by atoms with Crippen LogP contribution in [0.15, 0.2) is 24.3 Å². The number of benzene rings is 1. The Labute approximate surface area is 126 Å². The van der Waals surface area contributed by atoms with Gasteiger partial charge in [-0.25, -0.2) is 4.39 Å². The maximum absolute atomic E-state index is 12.8. The first-order chi connectivity index (χ1) is 10.1. The van der Waals surface area contributed by atoms with Crippen LogP contribution in [0.25, 0.3) is 0 Å². The van der Waals surface area contributed by atoms with Gasteiger partial charge in [0.2, 0.25) is 0 Å². The van der Waals surface area contributed by atoms with E-state index in [-0.39, 0.29) is 11.6 Å². The number of halogens is 1. The van der Waals surface area contributed by atoms with E-state index in [1.54, 1.807) is 12.1 Å². The van der Waals surface area contributed by atoms with Gasteiger partial charge in [0.1, 0.15) is 5.82 Å². The van der Waals surface area contributed by atoms with Crippen molar-refractivity contribution >= 4 is 5.78 Å². The van der Waals surface area contributed by atoms with Crippen molar-refractivity contribution in [3.05, 3.63) is 35.6 Å². The molecule has 0 bridgehead atoms. The number of carbonyl (C=O) groups excluding carboxylic acids is 1. The number of carbonyl (C=O) groups is 1. The molecule has 21 heavy (non-hydrogen) atoms. The molecule has 0 aromatic heterocycles. The predicted molar refractivity (Wildman–Crippen MR) is 83.1 cm³/mol. The summed E-state index contributed by atoms with van der Waals surface area (Å²) < 4.78 is 12.8. The Morgan fingerprint density at radius 3 is 2.48 bits per heavy atom. The lowest BCUT2D eigenvalue weighted by Crippen LogP contribution is -2.43. The van der Waals surface area contributed by atoms with E-state index >= 15 is 0 Å². The van der Waals surface area contributed by atoms with E-state index in [0.29, 0.717) is 18.0 Å². The molecule has 3 nitrogen and oxygen atoms in total. The molecule has 1 aromatic rings. The van der Waals surface area contributed by atoms with Crippen molar-refractivity contribution in [2.24, 2.45) is 0 Å². The second kappa shape index (κ2) is 7.66. The van der Waals surface area contributed by atoms with Gasteiger partial charge in [0, 0.05) is 24.6 Å². The summed E-state index contributed by atoms with van der Waals surface area (Å²) in [6.45, 7) is 6.40. The molecule has 0 radical (unpaired) electrons. The monoisotopic (exact) mass is 292 g/mol. The molecule has 1 aliphatic heterocycles. The van der Waals surface area contributed by atoms with Gasteiger partial charge < -0.3 is 9.80 Å². The summed E-state index contributed by atoms with van der Waals surface area (Å²) in [6, 6.07) is 6.40. The van der Waals surface area contributed by atoms with Crippen molar-refractivity contribution in [2.45, 2.75) is 32.2 Å². The minimum absolute atomic E-state index is 0.0906. The molecule has 1 aromatic carbocycles. The van der Waals surface area contributed by atoms with Gasteiger partial charge in [-0.3, -0.25) is 4.79 Å². The van der Waals surface area contributed by atoms with Crippen LogP contribution in [-0.4, -0.2) is 54.9 Å². The minimum atomic E-state index is -0.300. The van der Waals surface area contributed by atoms with Crippen molar-refractivity contribution < 1.29 is 9.18 Å². The standard InChI is InChI=1S/C17H25FN2O/c1-3-20-12-8-16(9-13-20)19(2)11-10-17(21)14-4-6-15(18)7-5-14/h4-7,16H,3,8-13H2,1-2H3. The highest BCUT2D eigenvalue weighted by atomic mass is 19.1. The summed E-state index contributed by atoms with van der Waals surface area (Å²) >= 11 is 0. The minimum Gasteiger partial charge on any atom is -0.303 e. The van der Waals surface area contributed by atoms with Gasteiger partial charge in [0.15, 0.2) is 5.78 Å². The SMILES string of the molecule is CCN1CCC(N(C)CCC(=O)c2ccc(F)cc2)CC1. The first-order valence-electron chi connectivity index (χ1n) is 7.81. The molecule has 1 fully saturated rings. The van der Waals surface area contributed by atoms with Crippen LogP contribution in [0.4, 0.5) is 4.39 Å². The van der Waals surface area contributed by atoms with Crippen LogP contribution in [0.1, 0.15) is 36.5 Å². The second-order valence-corrected chi connectivity index (χ2v) is 5.83. The fourth-order valence-corrected chi connectivity index (χ4v) is 2.92. The summed E-state index contributed by atoms with van der Waals surface area (Å²) in [4.78, 5) is 16.9. The highest BCUT2D eigenvalue weighted by molar-refractivity contribution is 5.96. The lowest BCUT2D eigenvalue weighted by Gasteiger charge is -2.36. The summed E-state index contributed by atoms with van der Waals surface area (Å²) in [5.41, 5.74) is 0.602. The summed E-state index contributed by atoms with van der Waals surface area (Å²) in [6.07, 6.45) is 2.85. The summed E-state index contributed by atoms with van der Waals surface area (Å²) in [7, 11) is 2.10. The lowest BCUT2D eigenvalue weighted by atomic mass is 10.0. The van der Waals surface area contributed by atoms with Crippen LogP contribution < -0.4 is 0 Å². The van der Waals surface area contributed by atoms with E-state index in [4.69, 9.17) is 0 Å². The fourth-order valence-electron chi connectivity index (χ4n) is 2.92. The quantitative estimate of drug-likeness (QED) is 0.753. The number of ketones is 1. The molecule has 0 atom stereocenters. The van der Waals surface area contributed by atoms with Crippen molar-refractivity contribution in [3.8, 4) is 0 Å². The third-order valence-corrected chi connectivity index (χ3v) is 4.49. The average Bonchev–Trinajstić information content (AvgIpc) is 2.53. The van der Waals surface area contributed by atoms with Crippen molar-refractivity contribution in [3.63, 3.8) is 0 Å². The third-order valence-electron chi connectivity index (χ3n) is 4.49. The highest BCUT2D eigenvalue weighted by Crippen LogP contribution is 2.16. The molecule has 0 spiro atoms. The van der Waals surface area contributed by atoms with Crippen LogP contribution >= 0.6 is 0 Å². The molecule has 0 unspecified atom stereocenters. The molecule has 4 heteroatoms. The Morgan fingerprint density at radius 1 is 1.29 bits per heavy atom. The predicted octanol–water partition coefficient (Wildman–Crippen LogP) is 2.81. The zero-order valence-electron chi connectivity index (χ0n) is 13.0. The van der Waals surface area contributed by atoms with Crippen LogP contribution in [-0.2, 0) is 0 Å². The maximum atomic E-state index is 12.8. The van der Waals surface area contributed by atoms with E-state index in [9.17, 15) is 9.18 Å². The zero-order valence-corrected chi connectivity index (χ0v) is 13.0. The normalized spacial score (nSPS) is 17.3. The number of Topliss-reactive ketones (excluding diaryl/α,β-unsaturated/α-hetero) is 1. The molecule has 0 aliphatic carbocycles. The van der Waals surface area contributed by atoms with Crippen LogP contribution in [0, 0.1) is 5.82 Å². The first-order valence-corrected chi connectivity index (χ1v) is 7.81. The Morgan fingerprint density at radius 2 is 1.90 bits per heavy atom. The van der Waals surface area contributed by atoms with Crippen LogP contribution in [0.3, 0.4) is 0 Å². The van der Waals surface area contributed by atoms with Crippen LogP contribution in [0.5, 0.6) is 0 Å². The van der Waals surface area contributed by atoms with Gasteiger partial charge in [-0.05, 0) is 63.8 Å². The molecule has 1 saturated heterocycles. The Kier molecular flexibility index (Phi) is 5.88. The Bertz CT molecular complexity index is 452. The molecule has 2 rings (SSSR count). The van der Waals surface area contributed by atoms with Gasteiger partial charge in [0.05, 0.1) is 0 Å². The third kappa shape index (κ3) is 4.61. The summed E-state index contributed by atoms with van der Waals surface area (Å²) in [5, 5.41) is 0. The molecular weight excluding hydrogens is 267 g/mol. The molecule has 1 aliphatic rings. The fraction of sp³-hybridized carbons (Fsp3) is 0.588. The smallest absolute Gasteiger partial charge is 0.164 e. The van der Waals surface area contributed by atoms with E-state index in [0.717, 1.165) is 26.2 Å². The highest BCUT2D eigenvalue weighted by Gasteiger charge is 2.21. The summed E-state index contributed by atoms with van der Waals surface area (Å²) in [5.74, 6) is -0.209. The van der Waals surface area contributed by atoms with Crippen LogP contribution in [0.2, 0.25) is 0 Å². The van der Waals surface area contributed by atoms with Gasteiger partial charge in [-0.1, -0.05) is 6.92 Å². The molecular formula is C17H25FN2O. The molecule has 116 valence electrons. The topological polar surface area (TPSA) is 23.6 Å². The van der Waals surface area contributed by atoms with Crippen molar-refractivity contribution in [2.75, 3.05) is 33.2 Å². The van der Waals surface area contributed by atoms with E-state index in [2.05, 4.69) is 23.8 Å². The van der Waals surface area contributed by atoms with Gasteiger partial charge in [-0.15, -0.1) is 0 Å². The van der Waals surface area contributed by atoms with E-state index < -0.39 is 0 Å². The molecule has 0 N–H and O–H groups in total. The number of piperidine rings is 1. The average molecular weight is 292 g/mol. The Balaban J connectivity index is 1.77. The molecule has 0 amide bonds. The molecule has 0 saturated carbocycles. The molecule has 1 heterocycles. The number of likely N-dealkylation sites (tertiary alicyclic amines) is 1. The number of rotatable bonds is 6. The Hall–Kier alpha value is -1.26. The second-order valence-electron chi connectivity index (χ2n) is 5.83. The lowest BCUT2D eigenvalue weighted by molar-refractivity contribution is 0.0932. The maximum Gasteiger partial charge on any atom is 0.164 e. The van der Waals surface area contributed by atoms with Crippen molar-refractivity contribution in [1.82, 2.24) is 9.80 Å². The first kappa shape index (κ1) is 16.1. The van der Waals surface area contributed by atoms with E-state index in [1.165, 1.54) is 25.0 Å². The zero-order chi connectivity index (χ0) is 15.2. The largest absolute Gasteiger partial charge is 0.303 e. The van der Waals surface area contributed by atoms with Gasteiger partial charge in [-0.2, -0.15) is 0 Å².